The van der Waals surface area contributed by atoms with Crippen LogP contribution in [0.5, 0.6) is 0 Å². The zero-order valence-corrected chi connectivity index (χ0v) is 17.6. The summed E-state index contributed by atoms with van der Waals surface area (Å²) in [5, 5.41) is 22.3. The number of ether oxygens (including phenoxy) is 1. The number of hydrogen-bond acceptors (Lipinski definition) is 5. The number of benzene rings is 2. The highest BCUT2D eigenvalue weighted by Gasteiger charge is 2.14. The largest absolute Gasteiger partial charge is 0.378 e. The Hall–Kier alpha value is -4.07. The van der Waals surface area contributed by atoms with E-state index in [4.69, 9.17) is 10.00 Å². The fourth-order valence-corrected chi connectivity index (χ4v) is 3.83. The van der Waals surface area contributed by atoms with Crippen molar-refractivity contribution < 1.29 is 9.53 Å². The lowest BCUT2D eigenvalue weighted by Gasteiger charge is -2.28. The minimum Gasteiger partial charge on any atom is -0.378 e. The SMILES string of the molecule is N#CCCn1cc(/C=C(\C#N)C(=O)Nc2ccc(N3CCOCC3)cc2)c2ccccc21. The number of aryl methyl sites for hydroxylation is 1. The second-order valence-corrected chi connectivity index (χ2v) is 7.47. The summed E-state index contributed by atoms with van der Waals surface area (Å²) in [6.07, 6.45) is 3.86. The van der Waals surface area contributed by atoms with E-state index in [0.29, 0.717) is 31.9 Å². The van der Waals surface area contributed by atoms with E-state index in [2.05, 4.69) is 16.3 Å². The molecule has 0 spiro atoms. The van der Waals surface area contributed by atoms with Gasteiger partial charge in [0.2, 0.25) is 0 Å². The van der Waals surface area contributed by atoms with Crippen molar-refractivity contribution in [2.45, 2.75) is 13.0 Å². The second kappa shape index (κ2) is 9.82. The first-order chi connectivity index (χ1) is 15.7. The number of para-hydroxylation sites is 1. The number of anilines is 2. The first kappa shape index (κ1) is 21.2. The Balaban J connectivity index is 1.53. The average Bonchev–Trinajstić information content (AvgIpc) is 3.19. The summed E-state index contributed by atoms with van der Waals surface area (Å²) in [6, 6.07) is 19.5. The van der Waals surface area contributed by atoms with Gasteiger partial charge < -0.3 is 19.5 Å². The Bertz CT molecular complexity index is 1220. The van der Waals surface area contributed by atoms with E-state index in [-0.39, 0.29) is 5.57 Å². The number of fused-ring (bicyclic) bond motifs is 1. The topological polar surface area (TPSA) is 94.1 Å². The summed E-state index contributed by atoms with van der Waals surface area (Å²) in [7, 11) is 0. The van der Waals surface area contributed by atoms with Gasteiger partial charge in [0.15, 0.2) is 0 Å². The number of hydrogen-bond donors (Lipinski definition) is 1. The van der Waals surface area contributed by atoms with Gasteiger partial charge >= 0.3 is 0 Å². The highest BCUT2D eigenvalue weighted by Crippen LogP contribution is 2.25. The van der Waals surface area contributed by atoms with Crippen molar-refractivity contribution in [2.75, 3.05) is 36.5 Å². The van der Waals surface area contributed by atoms with Crippen molar-refractivity contribution in [1.82, 2.24) is 4.57 Å². The minimum absolute atomic E-state index is 0.0189. The molecule has 0 saturated carbocycles. The van der Waals surface area contributed by atoms with Crippen LogP contribution in [0.2, 0.25) is 0 Å². The van der Waals surface area contributed by atoms with Crippen molar-refractivity contribution in [2.24, 2.45) is 0 Å². The molecule has 1 fully saturated rings. The van der Waals surface area contributed by atoms with Gasteiger partial charge in [-0.3, -0.25) is 4.79 Å². The van der Waals surface area contributed by atoms with Crippen LogP contribution < -0.4 is 10.2 Å². The van der Waals surface area contributed by atoms with Gasteiger partial charge in [-0.2, -0.15) is 10.5 Å². The Labute approximate surface area is 186 Å². The Morgan fingerprint density at radius 2 is 1.84 bits per heavy atom. The molecule has 1 amide bonds. The minimum atomic E-state index is -0.458. The van der Waals surface area contributed by atoms with Gasteiger partial charge in [0.05, 0.1) is 25.7 Å². The van der Waals surface area contributed by atoms with Crippen LogP contribution in [0.1, 0.15) is 12.0 Å². The van der Waals surface area contributed by atoms with Gasteiger partial charge in [-0.1, -0.05) is 18.2 Å². The fraction of sp³-hybridized carbons (Fsp3) is 0.240. The summed E-state index contributed by atoms with van der Waals surface area (Å²) in [5.41, 5.74) is 3.46. The molecule has 32 heavy (non-hydrogen) atoms. The molecule has 1 N–H and O–H groups in total. The second-order valence-electron chi connectivity index (χ2n) is 7.47. The van der Waals surface area contributed by atoms with Crippen LogP contribution in [0.4, 0.5) is 11.4 Å². The van der Waals surface area contributed by atoms with Crippen LogP contribution in [0.3, 0.4) is 0 Å². The zero-order valence-electron chi connectivity index (χ0n) is 17.6. The lowest BCUT2D eigenvalue weighted by atomic mass is 10.1. The Morgan fingerprint density at radius 3 is 2.56 bits per heavy atom. The standard InChI is InChI=1S/C25H23N5O2/c26-10-3-11-30-18-20(23-4-1-2-5-24(23)30)16-19(17-27)25(31)28-21-6-8-22(9-7-21)29-12-14-32-15-13-29/h1-2,4-9,16,18H,3,11-15H2,(H,28,31)/b19-16+. The molecular weight excluding hydrogens is 402 g/mol. The van der Waals surface area contributed by atoms with E-state index in [1.807, 2.05) is 65.4 Å². The smallest absolute Gasteiger partial charge is 0.266 e. The molecule has 0 aliphatic carbocycles. The monoisotopic (exact) mass is 425 g/mol. The third kappa shape index (κ3) is 4.64. The third-order valence-electron chi connectivity index (χ3n) is 5.45. The number of nitriles is 2. The molecule has 0 unspecified atom stereocenters. The highest BCUT2D eigenvalue weighted by atomic mass is 16.5. The van der Waals surface area contributed by atoms with Crippen LogP contribution in [0, 0.1) is 22.7 Å². The molecule has 160 valence electrons. The van der Waals surface area contributed by atoms with E-state index in [1.165, 1.54) is 0 Å². The van der Waals surface area contributed by atoms with Gasteiger partial charge in [-0.15, -0.1) is 0 Å². The summed E-state index contributed by atoms with van der Waals surface area (Å²) in [5.74, 6) is -0.458. The summed E-state index contributed by atoms with van der Waals surface area (Å²) in [6.45, 7) is 3.65. The molecule has 0 bridgehead atoms. The number of rotatable bonds is 6. The molecule has 2 aromatic carbocycles. The predicted octanol–water partition coefficient (Wildman–Crippen LogP) is 3.94. The highest BCUT2D eigenvalue weighted by molar-refractivity contribution is 6.10. The van der Waals surface area contributed by atoms with E-state index in [1.54, 1.807) is 6.08 Å². The molecule has 4 rings (SSSR count). The molecular formula is C25H23N5O2. The van der Waals surface area contributed by atoms with E-state index < -0.39 is 5.91 Å². The maximum absolute atomic E-state index is 12.8. The predicted molar refractivity (Wildman–Crippen MR) is 124 cm³/mol. The molecule has 7 heteroatoms. The van der Waals surface area contributed by atoms with Gasteiger partial charge in [-0.05, 0) is 36.4 Å². The number of aromatic nitrogens is 1. The number of nitrogens with zero attached hydrogens (tertiary/aromatic N) is 4. The molecule has 3 aromatic rings. The molecule has 1 aromatic heterocycles. The maximum Gasteiger partial charge on any atom is 0.266 e. The lowest BCUT2D eigenvalue weighted by Crippen LogP contribution is -2.36. The molecule has 1 aliphatic heterocycles. The first-order valence-electron chi connectivity index (χ1n) is 10.5. The molecule has 0 radical (unpaired) electrons. The summed E-state index contributed by atoms with van der Waals surface area (Å²) >= 11 is 0. The van der Waals surface area contributed by atoms with Crippen LogP contribution in [0.25, 0.3) is 17.0 Å². The molecule has 2 heterocycles. The third-order valence-corrected chi connectivity index (χ3v) is 5.45. The number of amides is 1. The lowest BCUT2D eigenvalue weighted by molar-refractivity contribution is -0.112. The van der Waals surface area contributed by atoms with E-state index in [0.717, 1.165) is 35.2 Å². The molecule has 1 aliphatic rings. The van der Waals surface area contributed by atoms with Gasteiger partial charge in [0.25, 0.3) is 5.91 Å². The van der Waals surface area contributed by atoms with Crippen LogP contribution in [-0.2, 0) is 16.1 Å². The van der Waals surface area contributed by atoms with Crippen molar-refractivity contribution in [1.29, 1.82) is 10.5 Å². The molecule has 0 atom stereocenters. The van der Waals surface area contributed by atoms with Crippen molar-refractivity contribution in [3.63, 3.8) is 0 Å². The number of nitrogens with one attached hydrogen (secondary N) is 1. The normalized spacial score (nSPS) is 14.1. The molecule has 7 nitrogen and oxygen atoms in total. The van der Waals surface area contributed by atoms with Gasteiger partial charge in [0, 0.05) is 53.7 Å². The van der Waals surface area contributed by atoms with Crippen LogP contribution in [0.15, 0.2) is 60.3 Å². The Morgan fingerprint density at radius 1 is 1.09 bits per heavy atom. The number of morpholine rings is 1. The van der Waals surface area contributed by atoms with Crippen molar-refractivity contribution >= 4 is 34.3 Å². The first-order valence-corrected chi connectivity index (χ1v) is 10.5. The fourth-order valence-electron chi connectivity index (χ4n) is 3.83. The van der Waals surface area contributed by atoms with E-state index >= 15 is 0 Å². The summed E-state index contributed by atoms with van der Waals surface area (Å²) < 4.78 is 7.36. The van der Waals surface area contributed by atoms with Crippen molar-refractivity contribution in [3.05, 3.63) is 65.9 Å². The average molecular weight is 425 g/mol. The zero-order chi connectivity index (χ0) is 22.3. The quantitative estimate of drug-likeness (QED) is 0.477. The van der Waals surface area contributed by atoms with E-state index in [9.17, 15) is 10.1 Å². The maximum atomic E-state index is 12.8. The Kier molecular flexibility index (Phi) is 6.50. The number of carbonyl (C=O) groups excluding carboxylic acids is 1. The van der Waals surface area contributed by atoms with Crippen LogP contribution in [-0.4, -0.2) is 36.8 Å². The van der Waals surface area contributed by atoms with Gasteiger partial charge in [-0.25, -0.2) is 0 Å². The summed E-state index contributed by atoms with van der Waals surface area (Å²) in [4.78, 5) is 15.0. The van der Waals surface area contributed by atoms with Crippen LogP contribution >= 0.6 is 0 Å². The molecule has 1 saturated heterocycles. The van der Waals surface area contributed by atoms with Gasteiger partial charge in [0.1, 0.15) is 11.6 Å². The van der Waals surface area contributed by atoms with Crippen molar-refractivity contribution in [3.8, 4) is 12.1 Å². The number of carbonyl (C=O) groups is 1.